The summed E-state index contributed by atoms with van der Waals surface area (Å²) in [6.07, 6.45) is 2.41. The molecular weight excluding hydrogens is 371 g/mol. The molecule has 1 N–H and O–H groups in total. The maximum Gasteiger partial charge on any atom is 0.242 e. The number of alkyl halides is 1. The van der Waals surface area contributed by atoms with Crippen molar-refractivity contribution in [3.8, 4) is 11.4 Å². The normalized spacial score (nSPS) is 23.6. The molecule has 0 atom stereocenters. The second kappa shape index (κ2) is 7.16. The number of nitrogens with zero attached hydrogens (tertiary/aromatic N) is 5. The number of nitrogens with one attached hydrogen (secondary N) is 1. The average molecular weight is 396 g/mol. The minimum Gasteiger partial charge on any atom is -0.382 e. The zero-order valence-corrected chi connectivity index (χ0v) is 16.8. The molecule has 148 valence electrons. The molecule has 1 saturated carbocycles. The molecule has 1 heterocycles. The summed E-state index contributed by atoms with van der Waals surface area (Å²) in [5.74, 6) is 0.335. The van der Waals surface area contributed by atoms with Crippen molar-refractivity contribution in [1.29, 1.82) is 0 Å². The van der Waals surface area contributed by atoms with Crippen LogP contribution in [0.5, 0.6) is 0 Å². The monoisotopic (exact) mass is 396 g/mol. The highest BCUT2D eigenvalue weighted by atomic mass is 32.2. The maximum absolute atomic E-state index is 14.1. The molecule has 1 fully saturated rings. The Balaban J connectivity index is 1.96. The van der Waals surface area contributed by atoms with E-state index in [9.17, 15) is 12.8 Å². The molecule has 0 radical (unpaired) electrons. The van der Waals surface area contributed by atoms with Crippen molar-refractivity contribution in [2.24, 2.45) is 7.05 Å². The van der Waals surface area contributed by atoms with Crippen molar-refractivity contribution in [3.63, 3.8) is 0 Å². The van der Waals surface area contributed by atoms with E-state index in [1.165, 1.54) is 18.9 Å². The number of hydrogen-bond donors (Lipinski definition) is 1. The maximum atomic E-state index is 14.1. The van der Waals surface area contributed by atoms with Gasteiger partial charge in [0, 0.05) is 31.4 Å². The van der Waals surface area contributed by atoms with Crippen LogP contribution in [0.3, 0.4) is 0 Å². The van der Waals surface area contributed by atoms with Gasteiger partial charge in [0.05, 0.1) is 11.9 Å². The first-order chi connectivity index (χ1) is 12.6. The summed E-state index contributed by atoms with van der Waals surface area (Å²) in [7, 11) is 1.02. The second-order valence-electron chi connectivity index (χ2n) is 7.43. The molecule has 0 aliphatic heterocycles. The number of aromatic nitrogens is 4. The fraction of sp³-hybridized carbons (Fsp3) is 0.588. The molecule has 2 aromatic rings. The summed E-state index contributed by atoms with van der Waals surface area (Å²) in [5.41, 5.74) is 0.157. The Bertz CT molecular complexity index is 915. The van der Waals surface area contributed by atoms with Crippen molar-refractivity contribution in [2.45, 2.75) is 49.2 Å². The number of halogens is 1. The first kappa shape index (κ1) is 19.7. The van der Waals surface area contributed by atoms with Gasteiger partial charge in [-0.15, -0.1) is 10.2 Å². The highest BCUT2D eigenvalue weighted by molar-refractivity contribution is 7.89. The van der Waals surface area contributed by atoms with E-state index in [-0.39, 0.29) is 10.9 Å². The van der Waals surface area contributed by atoms with E-state index in [1.54, 1.807) is 32.2 Å². The van der Waals surface area contributed by atoms with Gasteiger partial charge in [0.15, 0.2) is 0 Å². The van der Waals surface area contributed by atoms with Gasteiger partial charge in [0.2, 0.25) is 15.8 Å². The van der Waals surface area contributed by atoms with Crippen LogP contribution in [0.2, 0.25) is 0 Å². The lowest BCUT2D eigenvalue weighted by molar-refractivity contribution is 0.124. The number of tetrazole rings is 1. The SMILES string of the molecule is CN(C)S(=O)(=O)c1ccc(NC2CCC(C)(F)CC2)c(-c2nnn(C)n2)c1. The summed E-state index contributed by atoms with van der Waals surface area (Å²) >= 11 is 0. The van der Waals surface area contributed by atoms with E-state index in [0.29, 0.717) is 42.8 Å². The zero-order chi connectivity index (χ0) is 19.8. The quantitative estimate of drug-likeness (QED) is 0.833. The van der Waals surface area contributed by atoms with Crippen molar-refractivity contribution < 1.29 is 12.8 Å². The second-order valence-corrected chi connectivity index (χ2v) is 9.58. The Kier molecular flexibility index (Phi) is 5.22. The Hall–Kier alpha value is -2.07. The Labute approximate surface area is 158 Å². The van der Waals surface area contributed by atoms with E-state index in [2.05, 4.69) is 20.7 Å². The number of anilines is 1. The minimum absolute atomic E-state index is 0.112. The predicted molar refractivity (Wildman–Crippen MR) is 100 cm³/mol. The number of rotatable bonds is 5. The molecule has 0 saturated heterocycles. The molecule has 0 unspecified atom stereocenters. The molecule has 0 amide bonds. The van der Waals surface area contributed by atoms with Crippen LogP contribution in [0.25, 0.3) is 11.4 Å². The van der Waals surface area contributed by atoms with Crippen molar-refractivity contribution >= 4 is 15.7 Å². The average Bonchev–Trinajstić information content (AvgIpc) is 3.03. The van der Waals surface area contributed by atoms with Crippen LogP contribution in [-0.2, 0) is 17.1 Å². The van der Waals surface area contributed by atoms with Gasteiger partial charge in [-0.25, -0.2) is 17.1 Å². The lowest BCUT2D eigenvalue weighted by atomic mass is 9.85. The lowest BCUT2D eigenvalue weighted by Gasteiger charge is -2.32. The van der Waals surface area contributed by atoms with Crippen LogP contribution in [0.1, 0.15) is 32.6 Å². The fourth-order valence-electron chi connectivity index (χ4n) is 3.18. The van der Waals surface area contributed by atoms with Crippen molar-refractivity contribution in [3.05, 3.63) is 18.2 Å². The van der Waals surface area contributed by atoms with E-state index in [4.69, 9.17) is 0 Å². The third-order valence-corrected chi connectivity index (χ3v) is 6.72. The van der Waals surface area contributed by atoms with Crippen LogP contribution in [0.15, 0.2) is 23.1 Å². The van der Waals surface area contributed by atoms with Gasteiger partial charge in [-0.2, -0.15) is 4.80 Å². The number of sulfonamides is 1. The van der Waals surface area contributed by atoms with Crippen LogP contribution in [0, 0.1) is 0 Å². The first-order valence-corrected chi connectivity index (χ1v) is 10.3. The fourth-order valence-corrected chi connectivity index (χ4v) is 4.11. The van der Waals surface area contributed by atoms with Crippen LogP contribution in [0.4, 0.5) is 10.1 Å². The molecule has 0 spiro atoms. The molecule has 1 aromatic carbocycles. The summed E-state index contributed by atoms with van der Waals surface area (Å²) in [6.45, 7) is 1.64. The topological polar surface area (TPSA) is 93.0 Å². The highest BCUT2D eigenvalue weighted by Gasteiger charge is 2.31. The van der Waals surface area contributed by atoms with E-state index >= 15 is 0 Å². The van der Waals surface area contributed by atoms with E-state index in [0.717, 1.165) is 4.31 Å². The van der Waals surface area contributed by atoms with E-state index < -0.39 is 15.7 Å². The summed E-state index contributed by atoms with van der Waals surface area (Å²) in [4.78, 5) is 1.47. The number of hydrogen-bond acceptors (Lipinski definition) is 6. The Morgan fingerprint density at radius 1 is 1.30 bits per heavy atom. The molecule has 1 aliphatic carbocycles. The number of benzene rings is 1. The standard InChI is InChI=1S/C17H25FN6O2S/c1-17(18)9-7-12(8-10-17)19-15-6-5-13(27(25,26)23(2)3)11-14(15)16-20-22-24(4)21-16/h5-6,11-12,19H,7-10H2,1-4H3. The molecule has 8 nitrogen and oxygen atoms in total. The van der Waals surface area contributed by atoms with Gasteiger partial charge < -0.3 is 5.32 Å². The summed E-state index contributed by atoms with van der Waals surface area (Å²) in [5, 5.41) is 15.5. The third-order valence-electron chi connectivity index (χ3n) is 4.91. The van der Waals surface area contributed by atoms with Gasteiger partial charge in [-0.3, -0.25) is 0 Å². The Morgan fingerprint density at radius 3 is 2.52 bits per heavy atom. The van der Waals surface area contributed by atoms with Gasteiger partial charge in [-0.1, -0.05) is 0 Å². The third kappa shape index (κ3) is 4.27. The van der Waals surface area contributed by atoms with Crippen molar-refractivity contribution in [2.75, 3.05) is 19.4 Å². The Morgan fingerprint density at radius 2 is 1.96 bits per heavy atom. The molecule has 1 aliphatic rings. The van der Waals surface area contributed by atoms with Crippen LogP contribution < -0.4 is 5.32 Å². The van der Waals surface area contributed by atoms with E-state index in [1.807, 2.05) is 0 Å². The van der Waals surface area contributed by atoms with Gasteiger partial charge >= 0.3 is 0 Å². The zero-order valence-electron chi connectivity index (χ0n) is 16.0. The molecule has 3 rings (SSSR count). The van der Waals surface area contributed by atoms with Gasteiger partial charge in [0.25, 0.3) is 0 Å². The van der Waals surface area contributed by atoms with Gasteiger partial charge in [0.1, 0.15) is 5.67 Å². The van der Waals surface area contributed by atoms with Gasteiger partial charge in [-0.05, 0) is 56.0 Å². The van der Waals surface area contributed by atoms with Crippen molar-refractivity contribution in [1.82, 2.24) is 24.5 Å². The summed E-state index contributed by atoms with van der Waals surface area (Å²) in [6, 6.07) is 4.93. The minimum atomic E-state index is -3.59. The molecular formula is C17H25FN6O2S. The number of aryl methyl sites for hydroxylation is 1. The predicted octanol–water partition coefficient (Wildman–Crippen LogP) is 2.21. The smallest absolute Gasteiger partial charge is 0.242 e. The molecule has 0 bridgehead atoms. The first-order valence-electron chi connectivity index (χ1n) is 8.85. The summed E-state index contributed by atoms with van der Waals surface area (Å²) < 4.78 is 40.2. The van der Waals surface area contributed by atoms with Crippen LogP contribution >= 0.6 is 0 Å². The molecule has 1 aromatic heterocycles. The lowest BCUT2D eigenvalue weighted by Crippen LogP contribution is -2.33. The molecule has 27 heavy (non-hydrogen) atoms. The molecule has 10 heteroatoms. The highest BCUT2D eigenvalue weighted by Crippen LogP contribution is 2.35. The largest absolute Gasteiger partial charge is 0.382 e. The van der Waals surface area contributed by atoms with Crippen LogP contribution in [-0.4, -0.2) is 58.7 Å².